The van der Waals surface area contributed by atoms with Crippen molar-refractivity contribution in [3.8, 4) is 0 Å². The molecule has 2 amide bonds. The molecule has 1 atom stereocenters. The number of hydrogen-bond acceptors (Lipinski definition) is 6. The van der Waals surface area contributed by atoms with Crippen LogP contribution < -0.4 is 11.1 Å². The Morgan fingerprint density at radius 2 is 2.04 bits per heavy atom. The Balaban J connectivity index is 2.10. The lowest BCUT2D eigenvalue weighted by Crippen LogP contribution is -2.37. The van der Waals surface area contributed by atoms with E-state index in [4.69, 9.17) is 10.3 Å². The first kappa shape index (κ1) is 16.6. The Morgan fingerprint density at radius 1 is 1.35 bits per heavy atom. The second-order valence-electron chi connectivity index (χ2n) is 5.32. The third-order valence-corrected chi connectivity index (χ3v) is 3.35. The fourth-order valence-electron chi connectivity index (χ4n) is 2.23. The lowest BCUT2D eigenvalue weighted by molar-refractivity contribution is -0.126. The van der Waals surface area contributed by atoms with Gasteiger partial charge in [0.2, 0.25) is 11.8 Å². The Bertz CT molecular complexity index is 711. The number of carbonyl (C=O) groups excluding carboxylic acids is 2. The number of aryl methyl sites for hydroxylation is 1. The van der Waals surface area contributed by atoms with E-state index in [9.17, 15) is 9.59 Å². The lowest BCUT2D eigenvalue weighted by Gasteiger charge is -2.25. The third-order valence-electron chi connectivity index (χ3n) is 3.35. The van der Waals surface area contributed by atoms with Crippen molar-refractivity contribution in [2.24, 2.45) is 5.73 Å². The lowest BCUT2D eigenvalue weighted by atomic mass is 10.00. The van der Waals surface area contributed by atoms with E-state index in [2.05, 4.69) is 15.5 Å². The number of benzene rings is 1. The van der Waals surface area contributed by atoms with Crippen molar-refractivity contribution >= 4 is 11.8 Å². The maximum atomic E-state index is 12.5. The second-order valence-corrected chi connectivity index (χ2v) is 5.32. The average molecular weight is 317 g/mol. The van der Waals surface area contributed by atoms with Crippen LogP contribution in [0.4, 0.5) is 0 Å². The highest BCUT2D eigenvalue weighted by Crippen LogP contribution is 2.22. The van der Waals surface area contributed by atoms with E-state index in [1.54, 1.807) is 0 Å². The van der Waals surface area contributed by atoms with Gasteiger partial charge in [0.1, 0.15) is 6.04 Å². The highest BCUT2D eigenvalue weighted by molar-refractivity contribution is 5.88. The molecule has 2 rings (SSSR count). The molecule has 0 aliphatic rings. The molecule has 1 aromatic heterocycles. The number of nitrogens with zero attached hydrogens (tertiary/aromatic N) is 3. The summed E-state index contributed by atoms with van der Waals surface area (Å²) in [6.45, 7) is 1.98. The topological polar surface area (TPSA) is 114 Å². The van der Waals surface area contributed by atoms with Gasteiger partial charge in [0, 0.05) is 0 Å². The molecule has 0 saturated heterocycles. The third kappa shape index (κ3) is 3.92. The summed E-state index contributed by atoms with van der Waals surface area (Å²) >= 11 is 0. The highest BCUT2D eigenvalue weighted by atomic mass is 16.5. The Labute approximate surface area is 133 Å². The number of amides is 2. The standard InChI is InChI=1S/C15H19N5O3/c1-9-6-4-5-7-10(9)12(20(2)3)15(22)17-8-11-18-14(13(16)21)19-23-11/h4-7,12H,8H2,1-3H3,(H2,16,21)(H,17,22)/t12-/m0/s1. The summed E-state index contributed by atoms with van der Waals surface area (Å²) in [5, 5.41) is 6.15. The molecule has 1 aromatic carbocycles. The molecular formula is C15H19N5O3. The fraction of sp³-hybridized carbons (Fsp3) is 0.333. The number of nitrogens with two attached hydrogens (primary N) is 1. The van der Waals surface area contributed by atoms with Crippen LogP contribution in [0, 0.1) is 6.92 Å². The number of likely N-dealkylation sites (N-methyl/N-ethyl adjacent to an activating group) is 1. The minimum absolute atomic E-state index is 0.0231. The van der Waals surface area contributed by atoms with E-state index in [0.717, 1.165) is 11.1 Å². The Hall–Kier alpha value is -2.74. The number of primary amides is 1. The van der Waals surface area contributed by atoms with Crippen molar-refractivity contribution < 1.29 is 14.1 Å². The van der Waals surface area contributed by atoms with Crippen LogP contribution >= 0.6 is 0 Å². The van der Waals surface area contributed by atoms with Crippen LogP contribution in [0.3, 0.4) is 0 Å². The summed E-state index contributed by atoms with van der Waals surface area (Å²) in [6, 6.07) is 7.24. The minimum atomic E-state index is -0.780. The zero-order valence-electron chi connectivity index (χ0n) is 13.2. The van der Waals surface area contributed by atoms with Gasteiger partial charge >= 0.3 is 0 Å². The summed E-state index contributed by atoms with van der Waals surface area (Å²) in [6.07, 6.45) is 0. The predicted octanol–water partition coefficient (Wildman–Crippen LogP) is 0.396. The molecule has 8 nitrogen and oxygen atoms in total. The van der Waals surface area contributed by atoms with Crippen LogP contribution in [-0.4, -0.2) is 41.0 Å². The smallest absolute Gasteiger partial charge is 0.290 e. The van der Waals surface area contributed by atoms with E-state index < -0.39 is 11.9 Å². The average Bonchev–Trinajstić information content (AvgIpc) is 2.96. The monoisotopic (exact) mass is 317 g/mol. The van der Waals surface area contributed by atoms with Crippen molar-refractivity contribution in [2.75, 3.05) is 14.1 Å². The summed E-state index contributed by atoms with van der Waals surface area (Å²) in [5.74, 6) is -1.08. The number of rotatable bonds is 6. The maximum absolute atomic E-state index is 12.5. The Morgan fingerprint density at radius 3 is 2.61 bits per heavy atom. The molecule has 2 aromatic rings. The van der Waals surface area contributed by atoms with Crippen molar-refractivity contribution in [1.29, 1.82) is 0 Å². The van der Waals surface area contributed by atoms with Crippen LogP contribution in [0.15, 0.2) is 28.8 Å². The SMILES string of the molecule is Cc1ccccc1[C@@H](C(=O)NCc1nc(C(N)=O)no1)N(C)C. The van der Waals surface area contributed by atoms with E-state index in [-0.39, 0.29) is 24.2 Å². The summed E-state index contributed by atoms with van der Waals surface area (Å²) in [5.41, 5.74) is 6.98. The molecule has 8 heteroatoms. The van der Waals surface area contributed by atoms with Gasteiger partial charge in [-0.1, -0.05) is 29.4 Å². The number of carbonyl (C=O) groups is 2. The molecule has 3 N–H and O–H groups in total. The van der Waals surface area contributed by atoms with Crippen molar-refractivity contribution in [1.82, 2.24) is 20.4 Å². The molecule has 1 heterocycles. The summed E-state index contributed by atoms with van der Waals surface area (Å²) < 4.78 is 4.86. The van der Waals surface area contributed by atoms with Crippen LogP contribution in [0.5, 0.6) is 0 Å². The van der Waals surface area contributed by atoms with Gasteiger partial charge in [0.25, 0.3) is 11.7 Å². The molecule has 0 fully saturated rings. The number of aromatic nitrogens is 2. The normalized spacial score (nSPS) is 12.2. The molecule has 0 aliphatic heterocycles. The van der Waals surface area contributed by atoms with Crippen LogP contribution in [-0.2, 0) is 11.3 Å². The van der Waals surface area contributed by atoms with Gasteiger partial charge in [0.15, 0.2) is 0 Å². The first-order valence-corrected chi connectivity index (χ1v) is 7.02. The van der Waals surface area contributed by atoms with Crippen LogP contribution in [0.1, 0.15) is 33.7 Å². The summed E-state index contributed by atoms with van der Waals surface area (Å²) in [7, 11) is 3.66. The van der Waals surface area contributed by atoms with Gasteiger partial charge in [-0.05, 0) is 32.1 Å². The molecule has 0 saturated carbocycles. The zero-order valence-corrected chi connectivity index (χ0v) is 13.2. The minimum Gasteiger partial charge on any atom is -0.363 e. The second kappa shape index (κ2) is 7.01. The van der Waals surface area contributed by atoms with Gasteiger partial charge in [-0.15, -0.1) is 0 Å². The fourth-order valence-corrected chi connectivity index (χ4v) is 2.23. The van der Waals surface area contributed by atoms with E-state index >= 15 is 0 Å². The van der Waals surface area contributed by atoms with E-state index in [1.165, 1.54) is 0 Å². The van der Waals surface area contributed by atoms with E-state index in [0.29, 0.717) is 0 Å². The molecule has 0 radical (unpaired) electrons. The van der Waals surface area contributed by atoms with Crippen LogP contribution in [0.25, 0.3) is 0 Å². The quantitative estimate of drug-likeness (QED) is 0.797. The molecular weight excluding hydrogens is 298 g/mol. The van der Waals surface area contributed by atoms with Crippen molar-refractivity contribution in [3.05, 3.63) is 47.1 Å². The van der Waals surface area contributed by atoms with Gasteiger partial charge in [-0.25, -0.2) is 0 Å². The molecule has 0 spiro atoms. The maximum Gasteiger partial charge on any atom is 0.290 e. The first-order chi connectivity index (χ1) is 10.9. The highest BCUT2D eigenvalue weighted by Gasteiger charge is 2.24. The molecule has 0 aliphatic carbocycles. The van der Waals surface area contributed by atoms with Gasteiger partial charge < -0.3 is 15.6 Å². The molecule has 0 unspecified atom stereocenters. The zero-order chi connectivity index (χ0) is 17.0. The van der Waals surface area contributed by atoms with Crippen molar-refractivity contribution in [2.45, 2.75) is 19.5 Å². The van der Waals surface area contributed by atoms with Crippen molar-refractivity contribution in [3.63, 3.8) is 0 Å². The predicted molar refractivity (Wildman–Crippen MR) is 82.3 cm³/mol. The summed E-state index contributed by atoms with van der Waals surface area (Å²) in [4.78, 5) is 29.0. The number of hydrogen-bond donors (Lipinski definition) is 2. The van der Waals surface area contributed by atoms with Gasteiger partial charge in [-0.3, -0.25) is 14.5 Å². The Kier molecular flexibility index (Phi) is 5.07. The largest absolute Gasteiger partial charge is 0.363 e. The van der Waals surface area contributed by atoms with E-state index in [1.807, 2.05) is 50.2 Å². The first-order valence-electron chi connectivity index (χ1n) is 7.02. The van der Waals surface area contributed by atoms with Crippen LogP contribution in [0.2, 0.25) is 0 Å². The van der Waals surface area contributed by atoms with Gasteiger partial charge in [0.05, 0.1) is 6.54 Å². The molecule has 122 valence electrons. The molecule has 23 heavy (non-hydrogen) atoms. The molecule has 0 bridgehead atoms. The van der Waals surface area contributed by atoms with Gasteiger partial charge in [-0.2, -0.15) is 4.98 Å². The number of nitrogens with one attached hydrogen (secondary N) is 1.